The molecule has 1 rings (SSSR count). The van der Waals surface area contributed by atoms with E-state index in [2.05, 4.69) is 10.3 Å². The van der Waals surface area contributed by atoms with Gasteiger partial charge in [0.2, 0.25) is 5.95 Å². The maximum atomic E-state index is 13.0. The molecule has 0 unspecified atom stereocenters. The van der Waals surface area contributed by atoms with Crippen LogP contribution in [0.5, 0.6) is 0 Å². The number of carbonyl (C=O) groups excluding carboxylic acids is 1. The zero-order chi connectivity index (χ0) is 11.3. The average Bonchev–Trinajstić information content (AvgIpc) is 2.17. The summed E-state index contributed by atoms with van der Waals surface area (Å²) in [7, 11) is 3.80. The Kier molecular flexibility index (Phi) is 4.17. The van der Waals surface area contributed by atoms with E-state index in [0.29, 0.717) is 13.1 Å². The second-order valence-corrected chi connectivity index (χ2v) is 3.40. The lowest BCUT2D eigenvalue weighted by Crippen LogP contribution is -2.31. The largest absolute Gasteiger partial charge is 0.351 e. The molecular weight excluding hydrogens is 197 g/mol. The number of hydrogen-bond donors (Lipinski definition) is 1. The summed E-state index contributed by atoms with van der Waals surface area (Å²) in [6, 6.07) is 2.94. The van der Waals surface area contributed by atoms with Crippen molar-refractivity contribution in [2.45, 2.75) is 0 Å². The molecule has 1 amide bonds. The van der Waals surface area contributed by atoms with E-state index in [4.69, 9.17) is 0 Å². The van der Waals surface area contributed by atoms with E-state index in [9.17, 15) is 9.18 Å². The summed E-state index contributed by atoms with van der Waals surface area (Å²) in [6.45, 7) is 1.20. The van der Waals surface area contributed by atoms with Crippen molar-refractivity contribution in [2.75, 3.05) is 27.2 Å². The van der Waals surface area contributed by atoms with Gasteiger partial charge in [0.25, 0.3) is 5.91 Å². The quantitative estimate of drug-likeness (QED) is 0.738. The molecular formula is C10H14FN3O. The third-order valence-corrected chi connectivity index (χ3v) is 1.85. The van der Waals surface area contributed by atoms with Crippen molar-refractivity contribution in [3.8, 4) is 0 Å². The van der Waals surface area contributed by atoms with E-state index >= 15 is 0 Å². The van der Waals surface area contributed by atoms with Gasteiger partial charge in [-0.3, -0.25) is 4.79 Å². The van der Waals surface area contributed by atoms with Crippen molar-refractivity contribution < 1.29 is 9.18 Å². The summed E-state index contributed by atoms with van der Waals surface area (Å²) < 4.78 is 13.0. The Hall–Kier alpha value is -1.49. The first-order chi connectivity index (χ1) is 7.11. The Balaban J connectivity index is 2.51. The van der Waals surface area contributed by atoms with Gasteiger partial charge in [-0.15, -0.1) is 0 Å². The van der Waals surface area contributed by atoms with Crippen molar-refractivity contribution in [3.63, 3.8) is 0 Å². The van der Waals surface area contributed by atoms with Gasteiger partial charge in [0.15, 0.2) is 0 Å². The minimum absolute atomic E-state index is 0.0174. The molecule has 1 N–H and O–H groups in total. The van der Waals surface area contributed by atoms with Crippen molar-refractivity contribution in [1.29, 1.82) is 0 Å². The van der Waals surface area contributed by atoms with Crippen LogP contribution in [0, 0.1) is 5.95 Å². The molecule has 0 radical (unpaired) electrons. The Labute approximate surface area is 88.1 Å². The monoisotopic (exact) mass is 211 g/mol. The van der Waals surface area contributed by atoms with Crippen LogP contribution in [-0.2, 0) is 0 Å². The zero-order valence-electron chi connectivity index (χ0n) is 8.83. The first-order valence-electron chi connectivity index (χ1n) is 4.64. The molecule has 1 heterocycles. The summed E-state index contributed by atoms with van der Waals surface area (Å²) in [5, 5.41) is 2.61. The number of aromatic nitrogens is 1. The standard InChI is InChI=1S/C10H14FN3O/c1-14(2)7-6-13-10(15)8-4-3-5-12-9(8)11/h3-5H,6-7H2,1-2H3,(H,13,15). The predicted molar refractivity (Wildman–Crippen MR) is 55.1 cm³/mol. The highest BCUT2D eigenvalue weighted by atomic mass is 19.1. The van der Waals surface area contributed by atoms with Crippen molar-refractivity contribution in [3.05, 3.63) is 29.8 Å². The lowest BCUT2D eigenvalue weighted by Gasteiger charge is -2.10. The van der Waals surface area contributed by atoms with Gasteiger partial charge in [-0.2, -0.15) is 4.39 Å². The number of pyridine rings is 1. The molecule has 1 aromatic heterocycles. The Morgan fingerprint density at radius 1 is 1.60 bits per heavy atom. The van der Waals surface area contributed by atoms with E-state index in [1.807, 2.05) is 19.0 Å². The molecule has 0 fully saturated rings. The molecule has 0 aliphatic heterocycles. The number of nitrogens with one attached hydrogen (secondary N) is 1. The minimum atomic E-state index is -0.736. The van der Waals surface area contributed by atoms with Crippen LogP contribution in [-0.4, -0.2) is 43.0 Å². The smallest absolute Gasteiger partial charge is 0.255 e. The topological polar surface area (TPSA) is 45.2 Å². The first kappa shape index (κ1) is 11.6. The second-order valence-electron chi connectivity index (χ2n) is 3.40. The molecule has 1 aromatic rings. The fourth-order valence-electron chi connectivity index (χ4n) is 1.04. The van der Waals surface area contributed by atoms with Crippen LogP contribution in [0.1, 0.15) is 10.4 Å². The summed E-state index contributed by atoms with van der Waals surface area (Å²) in [6.07, 6.45) is 1.31. The third-order valence-electron chi connectivity index (χ3n) is 1.85. The van der Waals surface area contributed by atoms with E-state index in [1.54, 1.807) is 0 Å². The van der Waals surface area contributed by atoms with Crippen LogP contribution in [0.15, 0.2) is 18.3 Å². The normalized spacial score (nSPS) is 10.4. The number of rotatable bonds is 4. The number of halogens is 1. The van der Waals surface area contributed by atoms with E-state index in [1.165, 1.54) is 18.3 Å². The number of nitrogens with zero attached hydrogens (tertiary/aromatic N) is 2. The molecule has 0 saturated carbocycles. The van der Waals surface area contributed by atoms with E-state index < -0.39 is 11.9 Å². The van der Waals surface area contributed by atoms with Crippen molar-refractivity contribution >= 4 is 5.91 Å². The fraction of sp³-hybridized carbons (Fsp3) is 0.400. The van der Waals surface area contributed by atoms with Gasteiger partial charge in [0.05, 0.1) is 5.56 Å². The highest BCUT2D eigenvalue weighted by molar-refractivity contribution is 5.94. The maximum absolute atomic E-state index is 13.0. The molecule has 0 saturated heterocycles. The lowest BCUT2D eigenvalue weighted by molar-refractivity contribution is 0.0946. The summed E-state index contributed by atoms with van der Waals surface area (Å²) in [5.74, 6) is -1.16. The summed E-state index contributed by atoms with van der Waals surface area (Å²) in [4.78, 5) is 16.8. The van der Waals surface area contributed by atoms with Crippen LogP contribution < -0.4 is 5.32 Å². The lowest BCUT2D eigenvalue weighted by atomic mass is 10.2. The highest BCUT2D eigenvalue weighted by Gasteiger charge is 2.10. The average molecular weight is 211 g/mol. The van der Waals surface area contributed by atoms with Crippen LogP contribution in [0.25, 0.3) is 0 Å². The molecule has 4 nitrogen and oxygen atoms in total. The Morgan fingerprint density at radius 3 is 2.93 bits per heavy atom. The van der Waals surface area contributed by atoms with Crippen molar-refractivity contribution in [2.24, 2.45) is 0 Å². The zero-order valence-corrected chi connectivity index (χ0v) is 8.83. The number of hydrogen-bond acceptors (Lipinski definition) is 3. The SMILES string of the molecule is CN(C)CCNC(=O)c1cccnc1F. The van der Waals surface area contributed by atoms with E-state index in [-0.39, 0.29) is 5.56 Å². The number of amides is 1. The first-order valence-corrected chi connectivity index (χ1v) is 4.64. The summed E-state index contributed by atoms with van der Waals surface area (Å²) in [5.41, 5.74) is -0.0174. The van der Waals surface area contributed by atoms with Gasteiger partial charge < -0.3 is 10.2 Å². The number of likely N-dealkylation sites (N-methyl/N-ethyl adjacent to an activating group) is 1. The Morgan fingerprint density at radius 2 is 2.33 bits per heavy atom. The molecule has 0 spiro atoms. The number of carbonyl (C=O) groups is 1. The van der Waals surface area contributed by atoms with Gasteiger partial charge in [-0.1, -0.05) is 0 Å². The Bertz CT molecular complexity index is 341. The van der Waals surface area contributed by atoms with Crippen molar-refractivity contribution in [1.82, 2.24) is 15.2 Å². The van der Waals surface area contributed by atoms with Gasteiger partial charge >= 0.3 is 0 Å². The second kappa shape index (κ2) is 5.41. The molecule has 82 valence electrons. The molecule has 15 heavy (non-hydrogen) atoms. The predicted octanol–water partition coefficient (Wildman–Crippen LogP) is 0.512. The van der Waals surface area contributed by atoms with Gasteiger partial charge in [0, 0.05) is 19.3 Å². The van der Waals surface area contributed by atoms with Crippen LogP contribution in [0.3, 0.4) is 0 Å². The van der Waals surface area contributed by atoms with Crippen LogP contribution >= 0.6 is 0 Å². The highest BCUT2D eigenvalue weighted by Crippen LogP contribution is 2.01. The molecule has 0 aliphatic carbocycles. The fourth-order valence-corrected chi connectivity index (χ4v) is 1.04. The van der Waals surface area contributed by atoms with Gasteiger partial charge in [-0.25, -0.2) is 4.98 Å². The van der Waals surface area contributed by atoms with Gasteiger partial charge in [0.1, 0.15) is 0 Å². The van der Waals surface area contributed by atoms with Gasteiger partial charge in [-0.05, 0) is 26.2 Å². The van der Waals surface area contributed by atoms with Crippen LogP contribution in [0.2, 0.25) is 0 Å². The molecule has 0 bridgehead atoms. The molecule has 0 aliphatic rings. The summed E-state index contributed by atoms with van der Waals surface area (Å²) >= 11 is 0. The maximum Gasteiger partial charge on any atom is 0.255 e. The minimum Gasteiger partial charge on any atom is -0.351 e. The molecule has 0 atom stereocenters. The van der Waals surface area contributed by atoms with Crippen LogP contribution in [0.4, 0.5) is 4.39 Å². The van der Waals surface area contributed by atoms with E-state index in [0.717, 1.165) is 0 Å². The third kappa shape index (κ3) is 3.63. The molecule has 5 heteroatoms. The molecule has 0 aromatic carbocycles.